The van der Waals surface area contributed by atoms with Gasteiger partial charge in [0.25, 0.3) is 0 Å². The summed E-state index contributed by atoms with van der Waals surface area (Å²) in [4.78, 5) is 11.0. The highest BCUT2D eigenvalue weighted by atomic mass is 127. The molecule has 0 aliphatic rings. The second-order valence-electron chi connectivity index (χ2n) is 2.59. The van der Waals surface area contributed by atoms with Crippen LogP contribution in [0.15, 0.2) is 12.1 Å². The lowest BCUT2D eigenvalue weighted by Crippen LogP contribution is -1.99. The van der Waals surface area contributed by atoms with E-state index in [1.165, 1.54) is 19.1 Å². The van der Waals surface area contributed by atoms with E-state index in [2.05, 4.69) is 0 Å². The predicted molar refractivity (Wildman–Crippen MR) is 53.9 cm³/mol. The minimum absolute atomic E-state index is 0.0228. The summed E-state index contributed by atoms with van der Waals surface area (Å²) in [5.41, 5.74) is 1.32. The van der Waals surface area contributed by atoms with Crippen LogP contribution in [-0.4, -0.2) is 5.78 Å². The van der Waals surface area contributed by atoms with Crippen LogP contribution in [0.5, 0.6) is 0 Å². The summed E-state index contributed by atoms with van der Waals surface area (Å²) < 4.78 is 13.4. The molecule has 0 spiro atoms. The molecule has 1 rings (SSSR count). The highest BCUT2D eigenvalue weighted by Crippen LogP contribution is 2.19. The Balaban J connectivity index is 3.36. The lowest BCUT2D eigenvalue weighted by Gasteiger charge is -2.04. The third-order valence-corrected chi connectivity index (χ3v) is 3.04. The zero-order valence-corrected chi connectivity index (χ0v) is 8.98. The van der Waals surface area contributed by atoms with Crippen molar-refractivity contribution in [2.45, 2.75) is 13.8 Å². The van der Waals surface area contributed by atoms with E-state index in [0.717, 1.165) is 5.56 Å². The van der Waals surface area contributed by atoms with Gasteiger partial charge in [0.05, 0.1) is 3.57 Å². The van der Waals surface area contributed by atoms with Gasteiger partial charge < -0.3 is 0 Å². The summed E-state index contributed by atoms with van der Waals surface area (Å²) in [6.07, 6.45) is 0. The summed E-state index contributed by atoms with van der Waals surface area (Å²) in [5, 5.41) is 0. The van der Waals surface area contributed by atoms with E-state index in [4.69, 9.17) is 0 Å². The Morgan fingerprint density at radius 1 is 1.50 bits per heavy atom. The number of carbonyl (C=O) groups excluding carboxylic acids is 1. The lowest BCUT2D eigenvalue weighted by atomic mass is 10.1. The van der Waals surface area contributed by atoms with Crippen LogP contribution in [0.3, 0.4) is 0 Å². The van der Waals surface area contributed by atoms with E-state index in [1.807, 2.05) is 22.6 Å². The third-order valence-electron chi connectivity index (χ3n) is 1.72. The van der Waals surface area contributed by atoms with Crippen molar-refractivity contribution in [2.75, 3.05) is 0 Å². The van der Waals surface area contributed by atoms with Crippen LogP contribution in [-0.2, 0) is 0 Å². The van der Waals surface area contributed by atoms with Gasteiger partial charge in [0.1, 0.15) is 5.82 Å². The topological polar surface area (TPSA) is 17.1 Å². The average molecular weight is 278 g/mol. The molecule has 0 radical (unpaired) electrons. The maximum atomic E-state index is 12.9. The number of Topliss-reactive ketones (excluding diaryl/α,β-unsaturated/α-hetero) is 1. The fourth-order valence-corrected chi connectivity index (χ4v) is 1.50. The Kier molecular flexibility index (Phi) is 2.82. The maximum Gasteiger partial charge on any atom is 0.160 e. The van der Waals surface area contributed by atoms with Crippen LogP contribution < -0.4 is 0 Å². The number of carbonyl (C=O) groups is 1. The van der Waals surface area contributed by atoms with Gasteiger partial charge in [0.2, 0.25) is 0 Å². The van der Waals surface area contributed by atoms with Crippen LogP contribution in [0.4, 0.5) is 4.39 Å². The van der Waals surface area contributed by atoms with Gasteiger partial charge in [-0.15, -0.1) is 0 Å². The zero-order chi connectivity index (χ0) is 9.30. The fourth-order valence-electron chi connectivity index (χ4n) is 1.03. The largest absolute Gasteiger partial charge is 0.295 e. The molecule has 0 bridgehead atoms. The van der Waals surface area contributed by atoms with Crippen LogP contribution >= 0.6 is 22.6 Å². The molecule has 0 fully saturated rings. The van der Waals surface area contributed by atoms with Crippen molar-refractivity contribution in [1.82, 2.24) is 0 Å². The molecule has 1 aromatic carbocycles. The van der Waals surface area contributed by atoms with Gasteiger partial charge in [-0.1, -0.05) is 0 Å². The highest BCUT2D eigenvalue weighted by molar-refractivity contribution is 14.1. The van der Waals surface area contributed by atoms with E-state index in [0.29, 0.717) is 9.13 Å². The molecule has 0 aromatic heterocycles. The van der Waals surface area contributed by atoms with Crippen molar-refractivity contribution in [3.63, 3.8) is 0 Å². The van der Waals surface area contributed by atoms with Crippen molar-refractivity contribution in [3.8, 4) is 0 Å². The van der Waals surface area contributed by atoms with Gasteiger partial charge in [-0.2, -0.15) is 0 Å². The number of ketones is 1. The maximum absolute atomic E-state index is 12.9. The van der Waals surface area contributed by atoms with Crippen molar-refractivity contribution in [3.05, 3.63) is 32.6 Å². The summed E-state index contributed by atoms with van der Waals surface area (Å²) in [7, 11) is 0. The zero-order valence-electron chi connectivity index (χ0n) is 6.82. The molecular weight excluding hydrogens is 270 g/mol. The molecule has 0 aliphatic heterocycles. The SMILES string of the molecule is CC(=O)c1ccc(F)c(I)c1C. The van der Waals surface area contributed by atoms with E-state index in [-0.39, 0.29) is 11.6 Å². The standard InChI is InChI=1S/C9H8FIO/c1-5-7(6(2)12)3-4-8(10)9(5)11/h3-4H,1-2H3. The molecule has 0 unspecified atom stereocenters. The number of hydrogen-bond donors (Lipinski definition) is 0. The molecule has 12 heavy (non-hydrogen) atoms. The summed E-state index contributed by atoms with van der Waals surface area (Å²) >= 11 is 1.90. The van der Waals surface area contributed by atoms with Crippen molar-refractivity contribution >= 4 is 28.4 Å². The van der Waals surface area contributed by atoms with Gasteiger partial charge in [0, 0.05) is 5.56 Å². The molecule has 64 valence electrons. The Bertz CT molecular complexity index is 334. The molecule has 3 heteroatoms. The van der Waals surface area contributed by atoms with Crippen molar-refractivity contribution in [1.29, 1.82) is 0 Å². The molecule has 1 nitrogen and oxygen atoms in total. The number of rotatable bonds is 1. The van der Waals surface area contributed by atoms with Crippen LogP contribution in [0.25, 0.3) is 0 Å². The minimum Gasteiger partial charge on any atom is -0.295 e. The lowest BCUT2D eigenvalue weighted by molar-refractivity contribution is 0.101. The smallest absolute Gasteiger partial charge is 0.160 e. The van der Waals surface area contributed by atoms with Crippen LogP contribution in [0, 0.1) is 16.3 Å². The molecule has 1 aromatic rings. The highest BCUT2D eigenvalue weighted by Gasteiger charge is 2.09. The molecule has 0 heterocycles. The van der Waals surface area contributed by atoms with E-state index < -0.39 is 0 Å². The summed E-state index contributed by atoms with van der Waals surface area (Å²) in [5.74, 6) is -0.288. The number of benzene rings is 1. The molecule has 0 N–H and O–H groups in total. The second-order valence-corrected chi connectivity index (χ2v) is 3.67. The van der Waals surface area contributed by atoms with Gasteiger partial charge >= 0.3 is 0 Å². The number of hydrogen-bond acceptors (Lipinski definition) is 1. The van der Waals surface area contributed by atoms with E-state index in [9.17, 15) is 9.18 Å². The van der Waals surface area contributed by atoms with Crippen molar-refractivity contribution in [2.24, 2.45) is 0 Å². The molecule has 0 saturated carbocycles. The van der Waals surface area contributed by atoms with Crippen molar-refractivity contribution < 1.29 is 9.18 Å². The monoisotopic (exact) mass is 278 g/mol. The number of halogens is 2. The summed E-state index contributed by atoms with van der Waals surface area (Å²) in [6, 6.07) is 2.85. The normalized spacial score (nSPS) is 10.0. The fraction of sp³-hybridized carbons (Fsp3) is 0.222. The second kappa shape index (κ2) is 3.51. The Hall–Kier alpha value is -0.450. The Morgan fingerprint density at radius 3 is 2.58 bits per heavy atom. The first-order valence-electron chi connectivity index (χ1n) is 3.49. The van der Waals surface area contributed by atoms with Crippen LogP contribution in [0.1, 0.15) is 22.8 Å². The third kappa shape index (κ3) is 1.65. The van der Waals surface area contributed by atoms with Gasteiger partial charge in [0.15, 0.2) is 5.78 Å². The first-order valence-corrected chi connectivity index (χ1v) is 4.57. The Labute approximate surface area is 84.1 Å². The first-order chi connectivity index (χ1) is 5.54. The average Bonchev–Trinajstić information content (AvgIpc) is 2.00. The molecular formula is C9H8FIO. The Morgan fingerprint density at radius 2 is 2.08 bits per heavy atom. The summed E-state index contributed by atoms with van der Waals surface area (Å²) in [6.45, 7) is 3.23. The van der Waals surface area contributed by atoms with Gasteiger partial charge in [-0.25, -0.2) is 4.39 Å². The van der Waals surface area contributed by atoms with Gasteiger partial charge in [-0.05, 0) is 54.1 Å². The molecule has 0 amide bonds. The predicted octanol–water partition coefficient (Wildman–Crippen LogP) is 2.94. The van der Waals surface area contributed by atoms with Gasteiger partial charge in [-0.3, -0.25) is 4.79 Å². The van der Waals surface area contributed by atoms with E-state index >= 15 is 0 Å². The molecule has 0 atom stereocenters. The van der Waals surface area contributed by atoms with E-state index in [1.54, 1.807) is 6.92 Å². The molecule has 0 aliphatic carbocycles. The first kappa shape index (κ1) is 9.64. The van der Waals surface area contributed by atoms with Crippen LogP contribution in [0.2, 0.25) is 0 Å². The molecule has 0 saturated heterocycles. The quantitative estimate of drug-likeness (QED) is 0.570. The minimum atomic E-state index is -0.266.